The van der Waals surface area contributed by atoms with Gasteiger partial charge in [0.1, 0.15) is 5.82 Å². The number of benzene rings is 1. The van der Waals surface area contributed by atoms with E-state index in [0.29, 0.717) is 25.2 Å². The van der Waals surface area contributed by atoms with Gasteiger partial charge in [-0.2, -0.15) is 0 Å². The zero-order valence-electron chi connectivity index (χ0n) is 10.4. The van der Waals surface area contributed by atoms with Crippen molar-refractivity contribution in [2.75, 3.05) is 13.1 Å². The largest absolute Gasteiger partial charge is 0.411 e. The van der Waals surface area contributed by atoms with Crippen LogP contribution in [0.5, 0.6) is 0 Å². The summed E-state index contributed by atoms with van der Waals surface area (Å²) < 4.78 is 13.3. The summed E-state index contributed by atoms with van der Waals surface area (Å²) in [6, 6.07) is 4.02. The van der Waals surface area contributed by atoms with Gasteiger partial charge >= 0.3 is 0 Å². The van der Waals surface area contributed by atoms with Crippen LogP contribution in [-0.2, 0) is 0 Å². The Morgan fingerprint density at radius 1 is 1.58 bits per heavy atom. The summed E-state index contributed by atoms with van der Waals surface area (Å²) in [6.45, 7) is 2.81. The molecule has 19 heavy (non-hydrogen) atoms. The number of oxime groups is 1. The Kier molecular flexibility index (Phi) is 4.04. The highest BCUT2D eigenvalue weighted by molar-refractivity contribution is 6.30. The van der Waals surface area contributed by atoms with Gasteiger partial charge in [0, 0.05) is 31.0 Å². The van der Waals surface area contributed by atoms with Gasteiger partial charge in [-0.15, -0.1) is 0 Å². The lowest BCUT2D eigenvalue weighted by atomic mass is 9.97. The highest BCUT2D eigenvalue weighted by atomic mass is 35.5. The summed E-state index contributed by atoms with van der Waals surface area (Å²) in [5, 5.41) is 12.0. The van der Waals surface area contributed by atoms with Crippen molar-refractivity contribution >= 4 is 23.2 Å². The molecule has 1 aliphatic heterocycles. The van der Waals surface area contributed by atoms with Gasteiger partial charge in [0.05, 0.1) is 10.7 Å². The van der Waals surface area contributed by atoms with Crippen molar-refractivity contribution in [1.82, 2.24) is 4.90 Å². The molecule has 1 aliphatic rings. The van der Waals surface area contributed by atoms with Crippen LogP contribution in [0.1, 0.15) is 23.7 Å². The lowest BCUT2D eigenvalue weighted by molar-refractivity contribution is 0.0733. The van der Waals surface area contributed by atoms with E-state index in [9.17, 15) is 9.18 Å². The number of rotatable bonds is 1. The summed E-state index contributed by atoms with van der Waals surface area (Å²) in [7, 11) is 0. The molecule has 1 N–H and O–H groups in total. The van der Waals surface area contributed by atoms with Gasteiger partial charge < -0.3 is 10.1 Å². The Bertz CT molecular complexity index is 533. The van der Waals surface area contributed by atoms with E-state index in [-0.39, 0.29) is 22.4 Å². The second-order valence-corrected chi connectivity index (χ2v) is 5.03. The predicted octanol–water partition coefficient (Wildman–Crippen LogP) is 2.79. The lowest BCUT2D eigenvalue weighted by Gasteiger charge is -2.31. The van der Waals surface area contributed by atoms with Crippen molar-refractivity contribution in [3.05, 3.63) is 34.6 Å². The predicted molar refractivity (Wildman–Crippen MR) is 70.3 cm³/mol. The van der Waals surface area contributed by atoms with Gasteiger partial charge in [0.25, 0.3) is 5.91 Å². The highest BCUT2D eigenvalue weighted by Crippen LogP contribution is 2.20. The SMILES string of the molecule is CC1CN(C(=O)c2ccc(Cl)c(F)c2)CC/C1=N\O. The number of amides is 1. The van der Waals surface area contributed by atoms with Crippen LogP contribution in [0, 0.1) is 11.7 Å². The van der Waals surface area contributed by atoms with Crippen LogP contribution in [0.2, 0.25) is 5.02 Å². The molecule has 1 atom stereocenters. The molecule has 1 aromatic rings. The summed E-state index contributed by atoms with van der Waals surface area (Å²) in [4.78, 5) is 13.8. The van der Waals surface area contributed by atoms with Crippen LogP contribution < -0.4 is 0 Å². The van der Waals surface area contributed by atoms with Crippen molar-refractivity contribution in [3.8, 4) is 0 Å². The minimum atomic E-state index is -0.602. The maximum absolute atomic E-state index is 13.3. The first-order valence-electron chi connectivity index (χ1n) is 5.98. The fourth-order valence-electron chi connectivity index (χ4n) is 2.17. The summed E-state index contributed by atoms with van der Waals surface area (Å²) in [5.41, 5.74) is 0.963. The molecule has 102 valence electrons. The first-order chi connectivity index (χ1) is 9.02. The quantitative estimate of drug-likeness (QED) is 0.637. The number of carbonyl (C=O) groups is 1. The van der Waals surface area contributed by atoms with Crippen LogP contribution in [0.3, 0.4) is 0 Å². The van der Waals surface area contributed by atoms with Crippen LogP contribution >= 0.6 is 11.6 Å². The van der Waals surface area contributed by atoms with Crippen molar-refractivity contribution in [2.24, 2.45) is 11.1 Å². The van der Waals surface area contributed by atoms with E-state index in [1.54, 1.807) is 4.90 Å². The number of hydrogen-bond acceptors (Lipinski definition) is 3. The van der Waals surface area contributed by atoms with E-state index in [1.807, 2.05) is 6.92 Å². The normalized spacial score (nSPS) is 21.7. The molecule has 1 saturated heterocycles. The van der Waals surface area contributed by atoms with Crippen molar-refractivity contribution in [2.45, 2.75) is 13.3 Å². The van der Waals surface area contributed by atoms with Crippen LogP contribution in [0.15, 0.2) is 23.4 Å². The molecule has 0 aromatic heterocycles. The summed E-state index contributed by atoms with van der Waals surface area (Å²) in [6.07, 6.45) is 0.527. The minimum Gasteiger partial charge on any atom is -0.411 e. The molecular weight excluding hydrogens is 271 g/mol. The first kappa shape index (κ1) is 13.8. The molecule has 0 saturated carbocycles. The molecule has 1 aromatic carbocycles. The van der Waals surface area contributed by atoms with Crippen molar-refractivity contribution in [1.29, 1.82) is 0 Å². The molecule has 1 unspecified atom stereocenters. The molecule has 0 spiro atoms. The van der Waals surface area contributed by atoms with E-state index in [0.717, 1.165) is 6.07 Å². The first-order valence-corrected chi connectivity index (χ1v) is 6.36. The van der Waals surface area contributed by atoms with Crippen LogP contribution in [0.4, 0.5) is 4.39 Å². The van der Waals surface area contributed by atoms with E-state index in [2.05, 4.69) is 5.16 Å². The lowest BCUT2D eigenvalue weighted by Crippen LogP contribution is -2.43. The maximum atomic E-state index is 13.3. The molecule has 1 fully saturated rings. The average molecular weight is 285 g/mol. The van der Waals surface area contributed by atoms with Crippen molar-refractivity contribution in [3.63, 3.8) is 0 Å². The molecule has 1 amide bonds. The molecular formula is C13H14ClFN2O2. The highest BCUT2D eigenvalue weighted by Gasteiger charge is 2.26. The number of carbonyl (C=O) groups excluding carboxylic acids is 1. The van der Waals surface area contributed by atoms with Gasteiger partial charge in [-0.1, -0.05) is 23.7 Å². The zero-order chi connectivity index (χ0) is 14.0. The molecule has 0 aliphatic carbocycles. The van der Waals surface area contributed by atoms with Gasteiger partial charge in [-0.25, -0.2) is 4.39 Å². The third-order valence-electron chi connectivity index (χ3n) is 3.28. The number of likely N-dealkylation sites (tertiary alicyclic amines) is 1. The minimum absolute atomic E-state index is 0.000142. The third-order valence-corrected chi connectivity index (χ3v) is 3.59. The molecule has 1 heterocycles. The van der Waals surface area contributed by atoms with Gasteiger partial charge in [-0.05, 0) is 18.2 Å². The van der Waals surface area contributed by atoms with Gasteiger partial charge in [0.2, 0.25) is 0 Å². The second-order valence-electron chi connectivity index (χ2n) is 4.62. The van der Waals surface area contributed by atoms with E-state index in [1.165, 1.54) is 12.1 Å². The fourth-order valence-corrected chi connectivity index (χ4v) is 2.29. The molecule has 4 nitrogen and oxygen atoms in total. The number of piperidine rings is 1. The molecule has 0 radical (unpaired) electrons. The van der Waals surface area contributed by atoms with E-state index >= 15 is 0 Å². The van der Waals surface area contributed by atoms with E-state index < -0.39 is 5.82 Å². The summed E-state index contributed by atoms with van der Waals surface area (Å²) in [5.74, 6) is -0.838. The Balaban J connectivity index is 2.14. The molecule has 6 heteroatoms. The smallest absolute Gasteiger partial charge is 0.253 e. The molecule has 2 rings (SSSR count). The Labute approximate surface area is 115 Å². The van der Waals surface area contributed by atoms with E-state index in [4.69, 9.17) is 16.8 Å². The second kappa shape index (κ2) is 5.57. The zero-order valence-corrected chi connectivity index (χ0v) is 11.2. The monoisotopic (exact) mass is 284 g/mol. The number of halogens is 2. The summed E-state index contributed by atoms with van der Waals surface area (Å²) >= 11 is 5.59. The maximum Gasteiger partial charge on any atom is 0.253 e. The van der Waals surface area contributed by atoms with Gasteiger partial charge in [-0.3, -0.25) is 4.79 Å². The fraction of sp³-hybridized carbons (Fsp3) is 0.385. The molecule has 0 bridgehead atoms. The van der Waals surface area contributed by atoms with Crippen molar-refractivity contribution < 1.29 is 14.4 Å². The number of nitrogens with zero attached hydrogens (tertiary/aromatic N) is 2. The third kappa shape index (κ3) is 2.87. The topological polar surface area (TPSA) is 52.9 Å². The standard InChI is InChI=1S/C13H14ClFN2O2/c1-8-7-17(5-4-12(8)16-19)13(18)9-2-3-10(14)11(15)6-9/h2-3,6,8,19H,4-5,7H2,1H3/b16-12+. The number of hydrogen-bond donors (Lipinski definition) is 1. The Morgan fingerprint density at radius 3 is 2.89 bits per heavy atom. The van der Waals surface area contributed by atoms with Gasteiger partial charge in [0.15, 0.2) is 0 Å². The van der Waals surface area contributed by atoms with Crippen LogP contribution in [-0.4, -0.2) is 34.8 Å². The Morgan fingerprint density at radius 2 is 2.32 bits per heavy atom. The average Bonchev–Trinajstić information content (AvgIpc) is 2.41. The van der Waals surface area contributed by atoms with Crippen LogP contribution in [0.25, 0.3) is 0 Å². The Hall–Kier alpha value is -1.62.